The number of benzene rings is 1. The van der Waals surface area contributed by atoms with Gasteiger partial charge in [-0.1, -0.05) is 17.7 Å². The standard InChI is InChI=1S/C12H14O3S/c1-8-5-9(2)11-10(6-8)12(3-4-12)7-15-16(11,13)14/h5-6H,3-4,7H2,1-2H3. The van der Waals surface area contributed by atoms with E-state index in [0.717, 1.165) is 29.5 Å². The van der Waals surface area contributed by atoms with Gasteiger partial charge in [-0.05, 0) is 37.8 Å². The van der Waals surface area contributed by atoms with Crippen LogP contribution in [0.4, 0.5) is 0 Å². The molecule has 0 bridgehead atoms. The van der Waals surface area contributed by atoms with E-state index in [9.17, 15) is 8.42 Å². The van der Waals surface area contributed by atoms with Gasteiger partial charge in [-0.25, -0.2) is 0 Å². The van der Waals surface area contributed by atoms with Crippen molar-refractivity contribution >= 4 is 10.1 Å². The maximum absolute atomic E-state index is 11.9. The van der Waals surface area contributed by atoms with E-state index in [2.05, 4.69) is 0 Å². The molecule has 16 heavy (non-hydrogen) atoms. The minimum absolute atomic E-state index is 0.00255. The van der Waals surface area contributed by atoms with Gasteiger partial charge in [0.2, 0.25) is 0 Å². The lowest BCUT2D eigenvalue weighted by Crippen LogP contribution is -2.28. The molecule has 3 rings (SSSR count). The Morgan fingerprint density at radius 2 is 1.94 bits per heavy atom. The van der Waals surface area contributed by atoms with Crippen LogP contribution in [0.25, 0.3) is 0 Å². The number of hydrogen-bond donors (Lipinski definition) is 0. The Morgan fingerprint density at radius 3 is 2.56 bits per heavy atom. The summed E-state index contributed by atoms with van der Waals surface area (Å²) in [6, 6.07) is 3.91. The van der Waals surface area contributed by atoms with Crippen LogP contribution >= 0.6 is 0 Å². The molecule has 1 aliphatic heterocycles. The van der Waals surface area contributed by atoms with E-state index >= 15 is 0 Å². The molecule has 0 amide bonds. The fourth-order valence-electron chi connectivity index (χ4n) is 2.57. The zero-order valence-electron chi connectivity index (χ0n) is 9.41. The molecule has 0 radical (unpaired) electrons. The number of rotatable bonds is 0. The third kappa shape index (κ3) is 1.26. The van der Waals surface area contributed by atoms with Crippen LogP contribution in [0.2, 0.25) is 0 Å². The van der Waals surface area contributed by atoms with Crippen molar-refractivity contribution in [3.63, 3.8) is 0 Å². The van der Waals surface area contributed by atoms with Crippen LogP contribution in [0, 0.1) is 13.8 Å². The maximum Gasteiger partial charge on any atom is 0.297 e. The lowest BCUT2D eigenvalue weighted by molar-refractivity contribution is 0.265. The fourth-order valence-corrected chi connectivity index (χ4v) is 4.07. The highest BCUT2D eigenvalue weighted by atomic mass is 32.2. The zero-order chi connectivity index (χ0) is 11.6. The smallest absolute Gasteiger partial charge is 0.265 e. The Kier molecular flexibility index (Phi) is 1.85. The number of hydrogen-bond acceptors (Lipinski definition) is 3. The van der Waals surface area contributed by atoms with E-state index in [-0.39, 0.29) is 5.41 Å². The van der Waals surface area contributed by atoms with Crippen LogP contribution in [-0.2, 0) is 19.7 Å². The number of fused-ring (bicyclic) bond motifs is 2. The van der Waals surface area contributed by atoms with E-state index in [0.29, 0.717) is 11.5 Å². The van der Waals surface area contributed by atoms with Crippen molar-refractivity contribution in [3.8, 4) is 0 Å². The van der Waals surface area contributed by atoms with E-state index in [4.69, 9.17) is 4.18 Å². The minimum Gasteiger partial charge on any atom is -0.265 e. The molecule has 1 aromatic rings. The molecular formula is C12H14O3S. The average Bonchev–Trinajstić information content (AvgIpc) is 2.92. The normalized spacial score (nSPS) is 24.1. The van der Waals surface area contributed by atoms with Gasteiger partial charge in [0.15, 0.2) is 0 Å². The van der Waals surface area contributed by atoms with Crippen molar-refractivity contribution in [2.75, 3.05) is 6.61 Å². The van der Waals surface area contributed by atoms with Crippen LogP contribution in [0.5, 0.6) is 0 Å². The minimum atomic E-state index is -3.52. The Labute approximate surface area is 95.6 Å². The topological polar surface area (TPSA) is 43.4 Å². The predicted molar refractivity (Wildman–Crippen MR) is 60.0 cm³/mol. The van der Waals surface area contributed by atoms with E-state index in [1.165, 1.54) is 0 Å². The Balaban J connectivity index is 2.36. The highest BCUT2D eigenvalue weighted by Gasteiger charge is 2.52. The van der Waals surface area contributed by atoms with Crippen molar-refractivity contribution in [2.24, 2.45) is 0 Å². The summed E-state index contributed by atoms with van der Waals surface area (Å²) in [6.07, 6.45) is 2.08. The van der Waals surface area contributed by atoms with Crippen molar-refractivity contribution < 1.29 is 12.6 Å². The molecule has 1 saturated carbocycles. The summed E-state index contributed by atoms with van der Waals surface area (Å²) in [4.78, 5) is 0.418. The van der Waals surface area contributed by atoms with Gasteiger partial charge in [-0.3, -0.25) is 4.18 Å². The predicted octanol–water partition coefficient (Wildman–Crippen LogP) is 2.05. The largest absolute Gasteiger partial charge is 0.297 e. The first-order valence-corrected chi connectivity index (χ1v) is 6.87. The van der Waals surface area contributed by atoms with Crippen LogP contribution in [0.15, 0.2) is 17.0 Å². The molecule has 1 aliphatic carbocycles. The zero-order valence-corrected chi connectivity index (χ0v) is 10.2. The lowest BCUT2D eigenvalue weighted by Gasteiger charge is -2.26. The average molecular weight is 238 g/mol. The molecule has 1 fully saturated rings. The molecule has 3 nitrogen and oxygen atoms in total. The van der Waals surface area contributed by atoms with Crippen molar-refractivity contribution in [3.05, 3.63) is 28.8 Å². The van der Waals surface area contributed by atoms with Crippen LogP contribution in [-0.4, -0.2) is 15.0 Å². The third-order valence-corrected chi connectivity index (χ3v) is 5.05. The Morgan fingerprint density at radius 1 is 1.25 bits per heavy atom. The molecule has 1 heterocycles. The summed E-state index contributed by atoms with van der Waals surface area (Å²) in [5.74, 6) is 0. The highest BCUT2D eigenvalue weighted by Crippen LogP contribution is 2.54. The fraction of sp³-hybridized carbons (Fsp3) is 0.500. The summed E-state index contributed by atoms with van der Waals surface area (Å²) in [6.45, 7) is 4.17. The highest BCUT2D eigenvalue weighted by molar-refractivity contribution is 7.87. The molecule has 0 unspecified atom stereocenters. The molecule has 1 spiro atoms. The van der Waals surface area contributed by atoms with Gasteiger partial charge < -0.3 is 0 Å². The summed E-state index contributed by atoms with van der Waals surface area (Å²) in [5.41, 5.74) is 2.91. The SMILES string of the molecule is Cc1cc(C)c2c(c1)C1(CC1)COS2(=O)=O. The van der Waals surface area contributed by atoms with Crippen LogP contribution in [0.1, 0.15) is 29.5 Å². The molecule has 2 aliphatic rings. The molecular weight excluding hydrogens is 224 g/mol. The first-order valence-electron chi connectivity index (χ1n) is 5.46. The molecule has 0 N–H and O–H groups in total. The van der Waals surface area contributed by atoms with E-state index in [1.807, 2.05) is 26.0 Å². The second-order valence-electron chi connectivity index (χ2n) is 4.96. The van der Waals surface area contributed by atoms with Gasteiger partial charge in [0.1, 0.15) is 4.90 Å². The van der Waals surface area contributed by atoms with Crippen molar-refractivity contribution in [1.29, 1.82) is 0 Å². The molecule has 4 heteroatoms. The van der Waals surface area contributed by atoms with E-state index in [1.54, 1.807) is 0 Å². The summed E-state index contributed by atoms with van der Waals surface area (Å²) >= 11 is 0. The maximum atomic E-state index is 11.9. The monoisotopic (exact) mass is 238 g/mol. The molecule has 86 valence electrons. The second-order valence-corrected chi connectivity index (χ2v) is 6.51. The molecule has 1 aromatic carbocycles. The Hall–Kier alpha value is -0.870. The molecule has 0 aromatic heterocycles. The van der Waals surface area contributed by atoms with Gasteiger partial charge in [0.05, 0.1) is 6.61 Å². The summed E-state index contributed by atoms with van der Waals surface area (Å²) < 4.78 is 28.9. The van der Waals surface area contributed by atoms with Crippen molar-refractivity contribution in [1.82, 2.24) is 0 Å². The van der Waals surface area contributed by atoms with Crippen LogP contribution < -0.4 is 0 Å². The van der Waals surface area contributed by atoms with Gasteiger partial charge in [-0.2, -0.15) is 8.42 Å². The molecule has 0 saturated heterocycles. The van der Waals surface area contributed by atoms with Crippen molar-refractivity contribution in [2.45, 2.75) is 37.0 Å². The first kappa shape index (κ1) is 10.3. The third-order valence-electron chi connectivity index (χ3n) is 3.58. The van der Waals surface area contributed by atoms with Gasteiger partial charge in [0.25, 0.3) is 10.1 Å². The van der Waals surface area contributed by atoms with Crippen LogP contribution in [0.3, 0.4) is 0 Å². The summed E-state index contributed by atoms with van der Waals surface area (Å²) in [5, 5.41) is 0. The summed E-state index contributed by atoms with van der Waals surface area (Å²) in [7, 11) is -3.52. The van der Waals surface area contributed by atoms with Gasteiger partial charge >= 0.3 is 0 Å². The molecule has 0 atom stereocenters. The Bertz CT molecular complexity index is 568. The quantitative estimate of drug-likeness (QED) is 0.650. The van der Waals surface area contributed by atoms with E-state index < -0.39 is 10.1 Å². The second kappa shape index (κ2) is 2.87. The lowest BCUT2D eigenvalue weighted by atomic mass is 9.93. The van der Waals surface area contributed by atoms with Gasteiger partial charge in [0, 0.05) is 5.41 Å². The van der Waals surface area contributed by atoms with Gasteiger partial charge in [-0.15, -0.1) is 0 Å². The first-order chi connectivity index (χ1) is 7.45. The number of aryl methyl sites for hydroxylation is 2.